The molecule has 4 nitrogen and oxygen atoms in total. The fraction of sp³-hybridized carbons (Fsp3) is 0.182. The maximum absolute atomic E-state index is 13.5. The summed E-state index contributed by atoms with van der Waals surface area (Å²) in [5.41, 5.74) is 4.68. The van der Waals surface area contributed by atoms with Crippen molar-refractivity contribution in [2.45, 2.75) is 20.4 Å². The van der Waals surface area contributed by atoms with Gasteiger partial charge < -0.3 is 5.32 Å². The van der Waals surface area contributed by atoms with Gasteiger partial charge in [0, 0.05) is 29.4 Å². The second-order valence-electron chi connectivity index (χ2n) is 6.28. The molecule has 1 N–H and O–H groups in total. The minimum atomic E-state index is -0.349. The first-order chi connectivity index (χ1) is 13.1. The van der Waals surface area contributed by atoms with Crippen LogP contribution in [0.5, 0.6) is 0 Å². The molecule has 1 heterocycles. The minimum Gasteiger partial charge on any atom is -0.351 e. The van der Waals surface area contributed by atoms with Crippen molar-refractivity contribution in [2.24, 2.45) is 0 Å². The fourth-order valence-electron chi connectivity index (χ4n) is 3.06. The Morgan fingerprint density at radius 1 is 1.11 bits per heavy atom. The summed E-state index contributed by atoms with van der Waals surface area (Å²) in [6.45, 7) is 5.03. The Kier molecular flexibility index (Phi) is 5.81. The van der Waals surface area contributed by atoms with E-state index >= 15 is 0 Å². The Bertz CT molecular complexity index is 961. The third-order valence-corrected chi connectivity index (χ3v) is 4.39. The number of aryl methyl sites for hydroxylation is 1. The van der Waals surface area contributed by atoms with Gasteiger partial charge in [-0.15, -0.1) is 0 Å². The molecular formula is C22H22FN3O. The third-order valence-electron chi connectivity index (χ3n) is 4.39. The number of rotatable bonds is 6. The van der Waals surface area contributed by atoms with Gasteiger partial charge >= 0.3 is 0 Å². The molecule has 138 valence electrons. The van der Waals surface area contributed by atoms with Gasteiger partial charge in [-0.1, -0.05) is 48.5 Å². The lowest BCUT2D eigenvalue weighted by molar-refractivity contribution is -0.116. The highest BCUT2D eigenvalue weighted by Gasteiger charge is 2.12. The number of carbonyl (C=O) groups excluding carboxylic acids is 1. The molecule has 0 bridgehead atoms. The van der Waals surface area contributed by atoms with E-state index in [1.165, 1.54) is 18.2 Å². The molecule has 0 atom stereocenters. The molecule has 0 aliphatic heterocycles. The number of hydrogen-bond acceptors (Lipinski definition) is 2. The van der Waals surface area contributed by atoms with Crippen LogP contribution in [0.2, 0.25) is 0 Å². The zero-order valence-electron chi connectivity index (χ0n) is 15.4. The number of hydrogen-bond donors (Lipinski definition) is 1. The molecule has 3 aromatic rings. The normalized spacial score (nSPS) is 11.1. The number of nitrogens with one attached hydrogen (secondary N) is 1. The Morgan fingerprint density at radius 2 is 1.81 bits per heavy atom. The van der Waals surface area contributed by atoms with Crippen LogP contribution < -0.4 is 5.32 Å². The standard InChI is InChI=1S/C22H22FN3O/c1-16-22(19-9-4-3-5-10-19)17(2)26(25-16)15-14-24-21(27)13-12-18-8-6-7-11-20(18)23/h3-13H,14-15H2,1-2H3,(H,24,27). The van der Waals surface area contributed by atoms with Crippen molar-refractivity contribution in [1.29, 1.82) is 0 Å². The van der Waals surface area contributed by atoms with Gasteiger partial charge in [0.2, 0.25) is 5.91 Å². The van der Waals surface area contributed by atoms with E-state index in [9.17, 15) is 9.18 Å². The van der Waals surface area contributed by atoms with Gasteiger partial charge in [-0.25, -0.2) is 4.39 Å². The van der Waals surface area contributed by atoms with Crippen molar-refractivity contribution >= 4 is 12.0 Å². The number of aromatic nitrogens is 2. The molecule has 0 radical (unpaired) electrons. The summed E-state index contributed by atoms with van der Waals surface area (Å²) in [5.74, 6) is -0.610. The molecule has 2 aromatic carbocycles. The molecule has 1 aromatic heterocycles. The lowest BCUT2D eigenvalue weighted by Gasteiger charge is -2.06. The van der Waals surface area contributed by atoms with Gasteiger partial charge in [0.15, 0.2) is 0 Å². The quantitative estimate of drug-likeness (QED) is 0.669. The van der Waals surface area contributed by atoms with Gasteiger partial charge in [0.25, 0.3) is 0 Å². The molecule has 0 saturated heterocycles. The molecular weight excluding hydrogens is 341 g/mol. The summed E-state index contributed by atoms with van der Waals surface area (Å²) < 4.78 is 15.4. The monoisotopic (exact) mass is 363 g/mol. The fourth-order valence-corrected chi connectivity index (χ4v) is 3.06. The number of nitrogens with zero attached hydrogens (tertiary/aromatic N) is 2. The van der Waals surface area contributed by atoms with Crippen LogP contribution in [0.3, 0.4) is 0 Å². The molecule has 0 aliphatic rings. The smallest absolute Gasteiger partial charge is 0.244 e. The molecule has 0 spiro atoms. The Balaban J connectivity index is 1.60. The first-order valence-electron chi connectivity index (χ1n) is 8.86. The van der Waals surface area contributed by atoms with Gasteiger partial charge in [-0.2, -0.15) is 5.10 Å². The van der Waals surface area contributed by atoms with Crippen LogP contribution in [0, 0.1) is 19.7 Å². The van der Waals surface area contributed by atoms with E-state index in [1.807, 2.05) is 36.7 Å². The second kappa shape index (κ2) is 8.45. The lowest BCUT2D eigenvalue weighted by atomic mass is 10.0. The van der Waals surface area contributed by atoms with Gasteiger partial charge in [-0.3, -0.25) is 9.48 Å². The van der Waals surface area contributed by atoms with Crippen molar-refractivity contribution in [3.63, 3.8) is 0 Å². The lowest BCUT2D eigenvalue weighted by Crippen LogP contribution is -2.26. The average Bonchev–Trinajstić information content (AvgIpc) is 2.95. The number of halogens is 1. The van der Waals surface area contributed by atoms with Crippen LogP contribution in [0.1, 0.15) is 17.0 Å². The summed E-state index contributed by atoms with van der Waals surface area (Å²) in [6.07, 6.45) is 2.82. The van der Waals surface area contributed by atoms with Crippen molar-refractivity contribution in [2.75, 3.05) is 6.54 Å². The molecule has 0 unspecified atom stereocenters. The van der Waals surface area contributed by atoms with Crippen molar-refractivity contribution < 1.29 is 9.18 Å². The summed E-state index contributed by atoms with van der Waals surface area (Å²) in [6, 6.07) is 16.5. The number of amides is 1. The first-order valence-corrected chi connectivity index (χ1v) is 8.86. The predicted octanol–water partition coefficient (Wildman–Crippen LogP) is 4.14. The highest BCUT2D eigenvalue weighted by Crippen LogP contribution is 2.26. The van der Waals surface area contributed by atoms with E-state index in [2.05, 4.69) is 22.5 Å². The van der Waals surface area contributed by atoms with E-state index < -0.39 is 0 Å². The van der Waals surface area contributed by atoms with E-state index in [0.29, 0.717) is 18.7 Å². The predicted molar refractivity (Wildman–Crippen MR) is 106 cm³/mol. The summed E-state index contributed by atoms with van der Waals surface area (Å²) in [5, 5.41) is 7.39. The van der Waals surface area contributed by atoms with Crippen LogP contribution in [0.4, 0.5) is 4.39 Å². The van der Waals surface area contributed by atoms with Crippen molar-refractivity contribution in [3.05, 3.63) is 83.4 Å². The van der Waals surface area contributed by atoms with Gasteiger partial charge in [-0.05, 0) is 31.6 Å². The van der Waals surface area contributed by atoms with Gasteiger partial charge in [0.1, 0.15) is 5.82 Å². The Morgan fingerprint density at radius 3 is 2.56 bits per heavy atom. The molecule has 27 heavy (non-hydrogen) atoms. The highest BCUT2D eigenvalue weighted by molar-refractivity contribution is 5.91. The van der Waals surface area contributed by atoms with Crippen LogP contribution in [-0.4, -0.2) is 22.2 Å². The highest BCUT2D eigenvalue weighted by atomic mass is 19.1. The topological polar surface area (TPSA) is 46.9 Å². The van der Waals surface area contributed by atoms with Crippen LogP contribution in [0.15, 0.2) is 60.7 Å². The Labute approximate surface area is 158 Å². The summed E-state index contributed by atoms with van der Waals surface area (Å²) in [4.78, 5) is 11.9. The molecule has 3 rings (SSSR count). The minimum absolute atomic E-state index is 0.261. The zero-order chi connectivity index (χ0) is 19.2. The molecule has 0 fully saturated rings. The molecule has 0 saturated carbocycles. The SMILES string of the molecule is Cc1nn(CCNC(=O)C=Cc2ccccc2F)c(C)c1-c1ccccc1. The van der Waals surface area contributed by atoms with E-state index in [4.69, 9.17) is 0 Å². The van der Waals surface area contributed by atoms with E-state index in [-0.39, 0.29) is 11.7 Å². The average molecular weight is 363 g/mol. The van der Waals surface area contributed by atoms with Crippen LogP contribution in [0.25, 0.3) is 17.2 Å². The van der Waals surface area contributed by atoms with E-state index in [1.54, 1.807) is 18.2 Å². The van der Waals surface area contributed by atoms with Gasteiger partial charge in [0.05, 0.1) is 12.2 Å². The third kappa shape index (κ3) is 4.50. The van der Waals surface area contributed by atoms with Crippen molar-refractivity contribution in [3.8, 4) is 11.1 Å². The zero-order valence-corrected chi connectivity index (χ0v) is 15.4. The number of carbonyl (C=O) groups is 1. The summed E-state index contributed by atoms with van der Waals surface area (Å²) >= 11 is 0. The maximum atomic E-state index is 13.5. The number of benzene rings is 2. The second-order valence-corrected chi connectivity index (χ2v) is 6.28. The molecule has 0 aliphatic carbocycles. The van der Waals surface area contributed by atoms with E-state index in [0.717, 1.165) is 22.5 Å². The molecule has 5 heteroatoms. The van der Waals surface area contributed by atoms with Crippen LogP contribution >= 0.6 is 0 Å². The first kappa shape index (κ1) is 18.6. The largest absolute Gasteiger partial charge is 0.351 e. The molecule has 1 amide bonds. The van der Waals surface area contributed by atoms with Crippen molar-refractivity contribution in [1.82, 2.24) is 15.1 Å². The maximum Gasteiger partial charge on any atom is 0.244 e. The Hall–Kier alpha value is -3.21. The summed E-state index contributed by atoms with van der Waals surface area (Å²) in [7, 11) is 0. The van der Waals surface area contributed by atoms with Crippen LogP contribution in [-0.2, 0) is 11.3 Å².